The summed E-state index contributed by atoms with van der Waals surface area (Å²) in [5, 5.41) is 0. The van der Waals surface area contributed by atoms with Crippen molar-refractivity contribution in [3.8, 4) is 0 Å². The van der Waals surface area contributed by atoms with Crippen LogP contribution in [0.4, 0.5) is 0 Å². The molecule has 0 amide bonds. The van der Waals surface area contributed by atoms with Gasteiger partial charge in [0.2, 0.25) is 0 Å². The molecule has 2 atom stereocenters. The molecule has 2 unspecified atom stereocenters. The van der Waals surface area contributed by atoms with Crippen LogP contribution in [0.3, 0.4) is 0 Å². The highest BCUT2D eigenvalue weighted by atomic mass is 79.9. The predicted molar refractivity (Wildman–Crippen MR) is 72.1 cm³/mol. The Bertz CT molecular complexity index is 185. The van der Waals surface area contributed by atoms with E-state index in [0.29, 0.717) is 10.9 Å². The minimum absolute atomic E-state index is 0.506. The molecule has 1 aliphatic carbocycles. The van der Waals surface area contributed by atoms with Crippen molar-refractivity contribution in [3.05, 3.63) is 0 Å². The molecule has 0 aromatic heterocycles. The minimum Gasteiger partial charge on any atom is -0.377 e. The molecule has 2 rings (SSSR count). The van der Waals surface area contributed by atoms with Gasteiger partial charge in [-0.1, -0.05) is 54.5 Å². The zero-order valence-electron chi connectivity index (χ0n) is 10.3. The number of hydrogen-bond donors (Lipinski definition) is 0. The number of hydrogen-bond acceptors (Lipinski definition) is 1. The number of halogens is 1. The summed E-state index contributed by atoms with van der Waals surface area (Å²) in [6.45, 7) is 0.989. The molecule has 0 N–H and O–H groups in total. The van der Waals surface area contributed by atoms with Crippen LogP contribution in [-0.2, 0) is 4.74 Å². The average molecular weight is 289 g/mol. The lowest BCUT2D eigenvalue weighted by molar-refractivity contribution is -0.0198. The smallest absolute Gasteiger partial charge is 0.0728 e. The molecule has 16 heavy (non-hydrogen) atoms. The first-order chi connectivity index (χ1) is 7.88. The summed E-state index contributed by atoms with van der Waals surface area (Å²) < 4.78 is 6.02. The molecular weight excluding hydrogens is 264 g/mol. The largest absolute Gasteiger partial charge is 0.377 e. The molecule has 2 fully saturated rings. The lowest BCUT2D eigenvalue weighted by Crippen LogP contribution is -2.36. The topological polar surface area (TPSA) is 9.23 Å². The van der Waals surface area contributed by atoms with Crippen LogP contribution < -0.4 is 0 Å². The van der Waals surface area contributed by atoms with Crippen molar-refractivity contribution < 1.29 is 4.74 Å². The van der Waals surface area contributed by atoms with Gasteiger partial charge in [-0.2, -0.15) is 0 Å². The molecule has 1 saturated carbocycles. The van der Waals surface area contributed by atoms with Crippen LogP contribution >= 0.6 is 15.9 Å². The molecule has 2 aliphatic rings. The van der Waals surface area contributed by atoms with Crippen LogP contribution in [-0.4, -0.2) is 17.5 Å². The van der Waals surface area contributed by atoms with E-state index in [1.165, 1.54) is 64.2 Å². The number of alkyl halides is 1. The highest BCUT2D eigenvalue weighted by molar-refractivity contribution is 9.09. The quantitative estimate of drug-likeness (QED) is 0.637. The van der Waals surface area contributed by atoms with Crippen LogP contribution in [0.2, 0.25) is 0 Å². The molecule has 0 aromatic rings. The maximum Gasteiger partial charge on any atom is 0.0728 e. The molecule has 0 aromatic carbocycles. The fourth-order valence-corrected chi connectivity index (χ4v) is 4.10. The predicted octanol–water partition coefficient (Wildman–Crippen LogP) is 4.68. The molecule has 0 bridgehead atoms. The second-order valence-corrected chi connectivity index (χ2v) is 6.63. The SMILES string of the molecule is BrC1CCCOC1C1CCCCCCCC1. The Morgan fingerprint density at radius 3 is 2.00 bits per heavy atom. The van der Waals surface area contributed by atoms with Gasteiger partial charge in [-0.05, 0) is 31.6 Å². The monoisotopic (exact) mass is 288 g/mol. The van der Waals surface area contributed by atoms with Crippen molar-refractivity contribution in [2.75, 3.05) is 6.61 Å². The van der Waals surface area contributed by atoms with Gasteiger partial charge in [0.15, 0.2) is 0 Å². The van der Waals surface area contributed by atoms with E-state index in [0.717, 1.165) is 12.5 Å². The summed E-state index contributed by atoms with van der Waals surface area (Å²) in [6, 6.07) is 0. The number of rotatable bonds is 1. The first kappa shape index (κ1) is 12.9. The van der Waals surface area contributed by atoms with Gasteiger partial charge in [-0.15, -0.1) is 0 Å². The van der Waals surface area contributed by atoms with E-state index in [2.05, 4.69) is 15.9 Å². The van der Waals surface area contributed by atoms with Gasteiger partial charge < -0.3 is 4.74 Å². The fraction of sp³-hybridized carbons (Fsp3) is 1.00. The van der Waals surface area contributed by atoms with Crippen LogP contribution in [0.25, 0.3) is 0 Å². The van der Waals surface area contributed by atoms with E-state index in [9.17, 15) is 0 Å². The van der Waals surface area contributed by atoms with Gasteiger partial charge in [0.1, 0.15) is 0 Å². The first-order valence-electron chi connectivity index (χ1n) is 7.13. The molecule has 1 nitrogen and oxygen atoms in total. The Hall–Kier alpha value is 0.440. The van der Waals surface area contributed by atoms with E-state index in [1.807, 2.05) is 0 Å². The van der Waals surface area contributed by atoms with Gasteiger partial charge in [-0.3, -0.25) is 0 Å². The summed E-state index contributed by atoms with van der Waals surface area (Å²) in [5.41, 5.74) is 0. The molecule has 94 valence electrons. The third kappa shape index (κ3) is 3.73. The van der Waals surface area contributed by atoms with Crippen molar-refractivity contribution in [1.82, 2.24) is 0 Å². The third-order valence-electron chi connectivity index (χ3n) is 4.16. The Kier molecular flexibility index (Phi) is 5.64. The van der Waals surface area contributed by atoms with Crippen molar-refractivity contribution in [3.63, 3.8) is 0 Å². The normalized spacial score (nSPS) is 35.1. The zero-order chi connectivity index (χ0) is 11.2. The van der Waals surface area contributed by atoms with E-state index in [1.54, 1.807) is 0 Å². The zero-order valence-corrected chi connectivity index (χ0v) is 11.9. The third-order valence-corrected chi connectivity index (χ3v) is 5.13. The standard InChI is InChI=1S/C14H25BrO/c15-13-10-7-11-16-14(13)12-8-5-3-1-2-4-6-9-12/h12-14H,1-11H2. The molecule has 2 heteroatoms. The average Bonchev–Trinajstić information content (AvgIpc) is 2.43. The molecule has 1 heterocycles. The van der Waals surface area contributed by atoms with Gasteiger partial charge in [0, 0.05) is 11.4 Å². The Labute approximate surface area is 108 Å². The van der Waals surface area contributed by atoms with Crippen molar-refractivity contribution >= 4 is 15.9 Å². The summed E-state index contributed by atoms with van der Waals surface area (Å²) in [4.78, 5) is 0.618. The Morgan fingerprint density at radius 2 is 1.38 bits per heavy atom. The van der Waals surface area contributed by atoms with Crippen LogP contribution in [0.5, 0.6) is 0 Å². The van der Waals surface area contributed by atoms with Crippen LogP contribution in [0.1, 0.15) is 64.2 Å². The summed E-state index contributed by atoms with van der Waals surface area (Å²) in [7, 11) is 0. The molecule has 0 radical (unpaired) electrons. The molecular formula is C14H25BrO. The highest BCUT2D eigenvalue weighted by Gasteiger charge is 2.30. The highest BCUT2D eigenvalue weighted by Crippen LogP contribution is 2.33. The summed E-state index contributed by atoms with van der Waals surface area (Å²) >= 11 is 3.83. The second kappa shape index (κ2) is 7.00. The van der Waals surface area contributed by atoms with Crippen LogP contribution in [0.15, 0.2) is 0 Å². The lowest BCUT2D eigenvalue weighted by Gasteiger charge is -2.34. The van der Waals surface area contributed by atoms with Gasteiger partial charge in [-0.25, -0.2) is 0 Å². The van der Waals surface area contributed by atoms with E-state index in [4.69, 9.17) is 4.74 Å². The molecule has 1 saturated heterocycles. The minimum atomic E-state index is 0.506. The summed E-state index contributed by atoms with van der Waals surface area (Å²) in [6.07, 6.45) is 14.5. The fourth-order valence-electron chi connectivity index (χ4n) is 3.19. The molecule has 1 aliphatic heterocycles. The van der Waals surface area contributed by atoms with Gasteiger partial charge in [0.25, 0.3) is 0 Å². The summed E-state index contributed by atoms with van der Waals surface area (Å²) in [5.74, 6) is 0.822. The van der Waals surface area contributed by atoms with Crippen LogP contribution in [0, 0.1) is 5.92 Å². The first-order valence-corrected chi connectivity index (χ1v) is 8.05. The van der Waals surface area contributed by atoms with Crippen molar-refractivity contribution in [2.45, 2.75) is 75.1 Å². The maximum atomic E-state index is 6.02. The van der Waals surface area contributed by atoms with Crippen molar-refractivity contribution in [1.29, 1.82) is 0 Å². The van der Waals surface area contributed by atoms with E-state index < -0.39 is 0 Å². The maximum absolute atomic E-state index is 6.02. The Morgan fingerprint density at radius 1 is 0.750 bits per heavy atom. The number of ether oxygens (including phenoxy) is 1. The molecule has 0 spiro atoms. The second-order valence-electron chi connectivity index (χ2n) is 5.45. The Balaban J connectivity index is 1.88. The van der Waals surface area contributed by atoms with E-state index in [-0.39, 0.29) is 0 Å². The van der Waals surface area contributed by atoms with Gasteiger partial charge >= 0.3 is 0 Å². The van der Waals surface area contributed by atoms with Gasteiger partial charge in [0.05, 0.1) is 6.10 Å². The van der Waals surface area contributed by atoms with E-state index >= 15 is 0 Å². The lowest BCUT2D eigenvalue weighted by atomic mass is 9.87. The van der Waals surface area contributed by atoms with Crippen molar-refractivity contribution in [2.24, 2.45) is 5.92 Å².